The van der Waals surface area contributed by atoms with Crippen LogP contribution in [0.25, 0.3) is 5.57 Å². The van der Waals surface area contributed by atoms with Crippen molar-refractivity contribution in [3.63, 3.8) is 0 Å². The SMILES string of the molecule is C=C(C#N)c1ccc(SC(C)C)cc1. The van der Waals surface area contributed by atoms with Crippen LogP contribution >= 0.6 is 11.8 Å². The lowest BCUT2D eigenvalue weighted by Crippen LogP contribution is -1.86. The van der Waals surface area contributed by atoms with Gasteiger partial charge in [-0.25, -0.2) is 0 Å². The summed E-state index contributed by atoms with van der Waals surface area (Å²) >= 11 is 1.81. The summed E-state index contributed by atoms with van der Waals surface area (Å²) in [5.74, 6) is 0. The first-order valence-corrected chi connectivity index (χ1v) is 5.37. The van der Waals surface area contributed by atoms with Gasteiger partial charge in [0.05, 0.1) is 11.6 Å². The number of hydrogen-bond donors (Lipinski definition) is 0. The topological polar surface area (TPSA) is 23.8 Å². The summed E-state index contributed by atoms with van der Waals surface area (Å²) in [5.41, 5.74) is 1.42. The molecule has 0 saturated carbocycles. The van der Waals surface area contributed by atoms with E-state index in [4.69, 9.17) is 5.26 Å². The van der Waals surface area contributed by atoms with Gasteiger partial charge in [0, 0.05) is 10.1 Å². The third-order valence-electron chi connectivity index (χ3n) is 1.71. The van der Waals surface area contributed by atoms with E-state index in [-0.39, 0.29) is 0 Å². The minimum atomic E-state index is 0.520. The molecule has 0 bridgehead atoms. The van der Waals surface area contributed by atoms with E-state index in [1.165, 1.54) is 4.90 Å². The van der Waals surface area contributed by atoms with Crippen LogP contribution in [-0.2, 0) is 0 Å². The first-order chi connectivity index (χ1) is 6.63. The van der Waals surface area contributed by atoms with Gasteiger partial charge in [0.25, 0.3) is 0 Å². The minimum Gasteiger partial charge on any atom is -0.192 e. The van der Waals surface area contributed by atoms with Crippen molar-refractivity contribution in [3.8, 4) is 6.07 Å². The number of nitrogens with zero attached hydrogens (tertiary/aromatic N) is 1. The molecule has 0 saturated heterocycles. The Morgan fingerprint density at radius 2 is 1.93 bits per heavy atom. The summed E-state index contributed by atoms with van der Waals surface area (Å²) in [6.45, 7) is 7.99. The number of rotatable bonds is 3. The zero-order valence-corrected chi connectivity index (χ0v) is 9.27. The molecule has 0 atom stereocenters. The van der Waals surface area contributed by atoms with Crippen molar-refractivity contribution >= 4 is 17.3 Å². The number of nitriles is 1. The average Bonchev–Trinajstić information content (AvgIpc) is 2.17. The van der Waals surface area contributed by atoms with E-state index >= 15 is 0 Å². The van der Waals surface area contributed by atoms with Gasteiger partial charge in [-0.05, 0) is 17.7 Å². The minimum absolute atomic E-state index is 0.520. The molecular formula is C12H13NS. The second kappa shape index (κ2) is 4.88. The molecule has 0 aromatic heterocycles. The van der Waals surface area contributed by atoms with Crippen LogP contribution in [0.4, 0.5) is 0 Å². The number of allylic oxidation sites excluding steroid dienone is 1. The molecule has 0 aliphatic carbocycles. The Morgan fingerprint density at radius 3 is 2.36 bits per heavy atom. The molecule has 0 fully saturated rings. The fourth-order valence-corrected chi connectivity index (χ4v) is 1.91. The van der Waals surface area contributed by atoms with E-state index in [0.717, 1.165) is 5.56 Å². The van der Waals surface area contributed by atoms with Crippen molar-refractivity contribution in [1.82, 2.24) is 0 Å². The lowest BCUT2D eigenvalue weighted by molar-refractivity contribution is 1.11. The first-order valence-electron chi connectivity index (χ1n) is 4.49. The Balaban J connectivity index is 2.80. The molecule has 0 heterocycles. The van der Waals surface area contributed by atoms with E-state index in [2.05, 4.69) is 20.4 Å². The van der Waals surface area contributed by atoms with Crippen molar-refractivity contribution in [1.29, 1.82) is 5.26 Å². The van der Waals surface area contributed by atoms with Crippen molar-refractivity contribution in [2.45, 2.75) is 24.0 Å². The highest BCUT2D eigenvalue weighted by molar-refractivity contribution is 7.99. The summed E-state index contributed by atoms with van der Waals surface area (Å²) in [7, 11) is 0. The van der Waals surface area contributed by atoms with Crippen LogP contribution in [0.5, 0.6) is 0 Å². The summed E-state index contributed by atoms with van der Waals surface area (Å²) in [6, 6.07) is 9.98. The summed E-state index contributed by atoms with van der Waals surface area (Å²) in [6.07, 6.45) is 0. The zero-order chi connectivity index (χ0) is 10.6. The highest BCUT2D eigenvalue weighted by Crippen LogP contribution is 2.24. The maximum Gasteiger partial charge on any atom is 0.0991 e. The summed E-state index contributed by atoms with van der Waals surface area (Å²) in [4.78, 5) is 1.23. The van der Waals surface area contributed by atoms with Crippen LogP contribution in [0.3, 0.4) is 0 Å². The van der Waals surface area contributed by atoms with E-state index in [0.29, 0.717) is 10.8 Å². The largest absolute Gasteiger partial charge is 0.192 e. The van der Waals surface area contributed by atoms with Gasteiger partial charge in [0.15, 0.2) is 0 Å². The van der Waals surface area contributed by atoms with E-state index < -0.39 is 0 Å². The van der Waals surface area contributed by atoms with Crippen LogP contribution in [0.2, 0.25) is 0 Å². The molecule has 14 heavy (non-hydrogen) atoms. The molecule has 0 aliphatic heterocycles. The fraction of sp³-hybridized carbons (Fsp3) is 0.250. The van der Waals surface area contributed by atoms with Gasteiger partial charge in [0.2, 0.25) is 0 Å². The Kier molecular flexibility index (Phi) is 3.79. The summed E-state index contributed by atoms with van der Waals surface area (Å²) in [5, 5.41) is 9.23. The maximum atomic E-state index is 8.65. The van der Waals surface area contributed by atoms with Gasteiger partial charge in [-0.2, -0.15) is 5.26 Å². The van der Waals surface area contributed by atoms with Crippen molar-refractivity contribution in [2.75, 3.05) is 0 Å². The lowest BCUT2D eigenvalue weighted by Gasteiger charge is -2.05. The third-order valence-corrected chi connectivity index (χ3v) is 2.73. The molecule has 1 rings (SSSR count). The molecule has 0 amide bonds. The molecule has 1 aromatic carbocycles. The van der Waals surface area contributed by atoms with Crippen molar-refractivity contribution in [2.24, 2.45) is 0 Å². The van der Waals surface area contributed by atoms with Gasteiger partial charge in [-0.1, -0.05) is 32.6 Å². The van der Waals surface area contributed by atoms with Gasteiger partial charge < -0.3 is 0 Å². The standard InChI is InChI=1S/C12H13NS/c1-9(2)14-12-6-4-11(5-7-12)10(3)8-13/h4-7,9H,3H2,1-2H3. The molecule has 1 aromatic rings. The maximum absolute atomic E-state index is 8.65. The van der Waals surface area contributed by atoms with Crippen LogP contribution in [0.1, 0.15) is 19.4 Å². The summed E-state index contributed by atoms with van der Waals surface area (Å²) < 4.78 is 0. The Morgan fingerprint density at radius 1 is 1.36 bits per heavy atom. The molecule has 0 aliphatic rings. The van der Waals surface area contributed by atoms with Crippen molar-refractivity contribution < 1.29 is 0 Å². The van der Waals surface area contributed by atoms with E-state index in [1.54, 1.807) is 0 Å². The van der Waals surface area contributed by atoms with E-state index in [1.807, 2.05) is 42.1 Å². The molecule has 0 spiro atoms. The zero-order valence-electron chi connectivity index (χ0n) is 8.45. The smallest absolute Gasteiger partial charge is 0.0991 e. The quantitative estimate of drug-likeness (QED) is 0.552. The highest BCUT2D eigenvalue weighted by atomic mass is 32.2. The van der Waals surface area contributed by atoms with Gasteiger partial charge >= 0.3 is 0 Å². The molecule has 0 unspecified atom stereocenters. The first kappa shape index (κ1) is 10.9. The predicted octanol–water partition coefficient (Wildman–Crippen LogP) is 3.72. The second-order valence-electron chi connectivity index (χ2n) is 3.28. The monoisotopic (exact) mass is 203 g/mol. The number of thioether (sulfide) groups is 1. The van der Waals surface area contributed by atoms with Crippen LogP contribution in [0.15, 0.2) is 35.7 Å². The van der Waals surface area contributed by atoms with Crippen LogP contribution < -0.4 is 0 Å². The number of hydrogen-bond acceptors (Lipinski definition) is 2. The lowest BCUT2D eigenvalue weighted by atomic mass is 10.1. The molecule has 2 heteroatoms. The molecule has 0 N–H and O–H groups in total. The normalized spacial score (nSPS) is 9.86. The number of benzene rings is 1. The van der Waals surface area contributed by atoms with E-state index in [9.17, 15) is 0 Å². The highest BCUT2D eigenvalue weighted by Gasteiger charge is 2.00. The third kappa shape index (κ3) is 2.93. The Hall–Kier alpha value is -1.20. The predicted molar refractivity (Wildman–Crippen MR) is 62.1 cm³/mol. The molecule has 0 radical (unpaired) electrons. The van der Waals surface area contributed by atoms with Gasteiger partial charge in [-0.3, -0.25) is 0 Å². The Labute approximate surface area is 89.4 Å². The van der Waals surface area contributed by atoms with Gasteiger partial charge in [-0.15, -0.1) is 11.8 Å². The van der Waals surface area contributed by atoms with Crippen LogP contribution in [0, 0.1) is 11.3 Å². The van der Waals surface area contributed by atoms with Crippen molar-refractivity contribution in [3.05, 3.63) is 36.4 Å². The Bertz CT molecular complexity index is 357. The average molecular weight is 203 g/mol. The second-order valence-corrected chi connectivity index (χ2v) is 4.93. The van der Waals surface area contributed by atoms with Gasteiger partial charge in [0.1, 0.15) is 0 Å². The molecule has 72 valence electrons. The molecule has 1 nitrogen and oxygen atoms in total. The van der Waals surface area contributed by atoms with Crippen LogP contribution in [-0.4, -0.2) is 5.25 Å². The molecular weight excluding hydrogens is 190 g/mol. The fourth-order valence-electron chi connectivity index (χ4n) is 1.07.